The number of aliphatic hydroxyl groups is 1. The molecule has 1 aliphatic heterocycles. The lowest BCUT2D eigenvalue weighted by Crippen LogP contribution is -2.29. The monoisotopic (exact) mass is 515 g/mol. The third-order valence-electron chi connectivity index (χ3n) is 6.62. The van der Waals surface area contributed by atoms with Crippen molar-refractivity contribution >= 4 is 23.1 Å². The highest BCUT2D eigenvalue weighted by molar-refractivity contribution is 7.80. The van der Waals surface area contributed by atoms with E-state index in [9.17, 15) is 19.7 Å². The van der Waals surface area contributed by atoms with Crippen molar-refractivity contribution in [2.75, 3.05) is 4.90 Å². The fourth-order valence-corrected chi connectivity index (χ4v) is 5.12. The van der Waals surface area contributed by atoms with Gasteiger partial charge in [-0.05, 0) is 84.2 Å². The van der Waals surface area contributed by atoms with Crippen molar-refractivity contribution in [2.24, 2.45) is 0 Å². The van der Waals surface area contributed by atoms with Crippen LogP contribution in [0.25, 0.3) is 11.1 Å². The number of rotatable bonds is 7. The Morgan fingerprint density at radius 2 is 1.59 bits per heavy atom. The van der Waals surface area contributed by atoms with Gasteiger partial charge in [-0.3, -0.25) is 4.90 Å². The quantitative estimate of drug-likeness (QED) is 0.239. The summed E-state index contributed by atoms with van der Waals surface area (Å²) in [5.41, 5.74) is 3.62. The standard InChI is InChI=1S/C30H26FNO4S/c31-22-12-9-19(10-13-22)26(34)15-16-28-29(32(30(37)36-28)23-6-2-1-3-7-23)25-14-11-21(18-27(25)35)20-5-4-8-24(33)17-20/h1-14,17-18,26,28-29,33-35H,15-16H2/t26-,28?,29+/m0/s1. The number of nitrogens with zero attached hydrogens (tertiary/aromatic N) is 1. The molecule has 0 aliphatic carbocycles. The molecule has 1 heterocycles. The molecule has 0 amide bonds. The molecular weight excluding hydrogens is 489 g/mol. The van der Waals surface area contributed by atoms with E-state index in [1.807, 2.05) is 53.4 Å². The first-order valence-electron chi connectivity index (χ1n) is 12.0. The highest BCUT2D eigenvalue weighted by atomic mass is 32.1. The summed E-state index contributed by atoms with van der Waals surface area (Å²) in [4.78, 5) is 1.88. The Balaban J connectivity index is 1.46. The van der Waals surface area contributed by atoms with Crippen LogP contribution in [0, 0.1) is 5.82 Å². The van der Waals surface area contributed by atoms with E-state index in [4.69, 9.17) is 17.0 Å². The average Bonchev–Trinajstić information content (AvgIpc) is 3.23. The maximum atomic E-state index is 13.3. The van der Waals surface area contributed by atoms with E-state index in [1.165, 1.54) is 12.1 Å². The normalized spacial score (nSPS) is 18.0. The summed E-state index contributed by atoms with van der Waals surface area (Å²) in [7, 11) is 0. The second kappa shape index (κ2) is 10.6. The van der Waals surface area contributed by atoms with Gasteiger partial charge < -0.3 is 20.1 Å². The van der Waals surface area contributed by atoms with Crippen LogP contribution in [0.2, 0.25) is 0 Å². The summed E-state index contributed by atoms with van der Waals surface area (Å²) >= 11 is 5.61. The van der Waals surface area contributed by atoms with Gasteiger partial charge in [0.1, 0.15) is 29.5 Å². The van der Waals surface area contributed by atoms with Gasteiger partial charge in [-0.1, -0.05) is 54.6 Å². The smallest absolute Gasteiger partial charge is 0.264 e. The number of thiocarbonyl (C=S) groups is 1. The Hall–Kier alpha value is -3.94. The van der Waals surface area contributed by atoms with Crippen molar-refractivity contribution in [3.8, 4) is 22.6 Å². The first kappa shape index (κ1) is 24.7. The van der Waals surface area contributed by atoms with E-state index < -0.39 is 18.2 Å². The van der Waals surface area contributed by atoms with Crippen LogP contribution in [0.15, 0.2) is 97.1 Å². The number of benzene rings is 4. The van der Waals surface area contributed by atoms with Crippen molar-refractivity contribution < 1.29 is 24.4 Å². The molecule has 37 heavy (non-hydrogen) atoms. The molecule has 3 N–H and O–H groups in total. The highest BCUT2D eigenvalue weighted by Crippen LogP contribution is 2.44. The van der Waals surface area contributed by atoms with Crippen LogP contribution >= 0.6 is 12.2 Å². The minimum absolute atomic E-state index is 0.0733. The van der Waals surface area contributed by atoms with Gasteiger partial charge in [-0.15, -0.1) is 0 Å². The molecule has 1 fully saturated rings. The van der Waals surface area contributed by atoms with Crippen molar-refractivity contribution in [2.45, 2.75) is 31.1 Å². The number of phenols is 2. The Morgan fingerprint density at radius 3 is 2.30 bits per heavy atom. The van der Waals surface area contributed by atoms with Gasteiger partial charge in [-0.25, -0.2) is 4.39 Å². The molecule has 1 aliphatic rings. The molecule has 7 heteroatoms. The van der Waals surface area contributed by atoms with Crippen LogP contribution in [0.4, 0.5) is 10.1 Å². The molecule has 5 nitrogen and oxygen atoms in total. The van der Waals surface area contributed by atoms with E-state index >= 15 is 0 Å². The van der Waals surface area contributed by atoms with E-state index in [1.54, 1.807) is 36.4 Å². The molecule has 4 aromatic rings. The molecule has 0 aromatic heterocycles. The Kier molecular flexibility index (Phi) is 7.08. The number of para-hydroxylation sites is 1. The fraction of sp³-hybridized carbons (Fsp3) is 0.167. The molecule has 1 unspecified atom stereocenters. The molecule has 0 radical (unpaired) electrons. The lowest BCUT2D eigenvalue weighted by molar-refractivity contribution is 0.126. The second-order valence-corrected chi connectivity index (χ2v) is 9.39. The van der Waals surface area contributed by atoms with Crippen LogP contribution < -0.4 is 4.90 Å². The van der Waals surface area contributed by atoms with Gasteiger partial charge in [0, 0.05) is 11.3 Å². The molecule has 4 aromatic carbocycles. The SMILES string of the molecule is Oc1cccc(-c2ccc([C@@H]3C(CC[C@H](O)c4ccc(F)cc4)OC(=S)N3c3ccccc3)c(O)c2)c1. The van der Waals surface area contributed by atoms with Gasteiger partial charge >= 0.3 is 0 Å². The third-order valence-corrected chi connectivity index (χ3v) is 6.91. The lowest BCUT2D eigenvalue weighted by Gasteiger charge is -2.27. The van der Waals surface area contributed by atoms with Crippen LogP contribution in [0.1, 0.15) is 36.1 Å². The number of hydrogen-bond acceptors (Lipinski definition) is 5. The lowest BCUT2D eigenvalue weighted by atomic mass is 9.92. The number of phenolic OH excluding ortho intramolecular Hbond substituents is 2. The number of aliphatic hydroxyl groups excluding tert-OH is 1. The van der Waals surface area contributed by atoms with Crippen molar-refractivity contribution in [3.05, 3.63) is 114 Å². The molecule has 0 bridgehead atoms. The topological polar surface area (TPSA) is 73.2 Å². The van der Waals surface area contributed by atoms with Gasteiger partial charge in [0.15, 0.2) is 0 Å². The number of hydrogen-bond donors (Lipinski definition) is 3. The molecule has 188 valence electrons. The second-order valence-electron chi connectivity index (χ2n) is 9.04. The number of anilines is 1. The first-order chi connectivity index (χ1) is 17.9. The van der Waals surface area contributed by atoms with Gasteiger partial charge in [0.05, 0.1) is 6.10 Å². The van der Waals surface area contributed by atoms with Gasteiger partial charge in [-0.2, -0.15) is 0 Å². The molecule has 5 rings (SSSR count). The molecular formula is C30H26FNO4S. The molecule has 0 spiro atoms. The number of aromatic hydroxyl groups is 2. The Labute approximate surface area is 220 Å². The van der Waals surface area contributed by atoms with E-state index in [0.29, 0.717) is 24.0 Å². The minimum Gasteiger partial charge on any atom is -0.508 e. The summed E-state index contributed by atoms with van der Waals surface area (Å²) in [6.07, 6.45) is -0.438. The Bertz CT molecular complexity index is 1400. The van der Waals surface area contributed by atoms with Crippen molar-refractivity contribution in [3.63, 3.8) is 0 Å². The fourth-order valence-electron chi connectivity index (χ4n) is 4.77. The first-order valence-corrected chi connectivity index (χ1v) is 12.4. The van der Waals surface area contributed by atoms with Crippen LogP contribution in [0.5, 0.6) is 11.5 Å². The summed E-state index contributed by atoms with van der Waals surface area (Å²) in [6.45, 7) is 0. The van der Waals surface area contributed by atoms with Crippen LogP contribution in [0.3, 0.4) is 0 Å². The van der Waals surface area contributed by atoms with E-state index in [0.717, 1.165) is 16.8 Å². The molecule has 0 saturated carbocycles. The zero-order valence-electron chi connectivity index (χ0n) is 19.9. The average molecular weight is 516 g/mol. The predicted octanol–water partition coefficient (Wildman–Crippen LogP) is 6.65. The third kappa shape index (κ3) is 5.28. The van der Waals surface area contributed by atoms with E-state index in [-0.39, 0.29) is 22.5 Å². The van der Waals surface area contributed by atoms with E-state index in [2.05, 4.69) is 0 Å². The van der Waals surface area contributed by atoms with Crippen molar-refractivity contribution in [1.82, 2.24) is 0 Å². The highest BCUT2D eigenvalue weighted by Gasteiger charge is 2.42. The zero-order chi connectivity index (χ0) is 25.9. The summed E-state index contributed by atoms with van der Waals surface area (Å²) in [6, 6.07) is 27.2. The summed E-state index contributed by atoms with van der Waals surface area (Å²) < 4.78 is 19.4. The van der Waals surface area contributed by atoms with Gasteiger partial charge in [0.2, 0.25) is 0 Å². The minimum atomic E-state index is -0.800. The predicted molar refractivity (Wildman–Crippen MR) is 145 cm³/mol. The zero-order valence-corrected chi connectivity index (χ0v) is 20.7. The number of halogens is 1. The maximum absolute atomic E-state index is 13.3. The van der Waals surface area contributed by atoms with Crippen LogP contribution in [-0.2, 0) is 4.74 Å². The summed E-state index contributed by atoms with van der Waals surface area (Å²) in [5, 5.41) is 32.0. The summed E-state index contributed by atoms with van der Waals surface area (Å²) in [5.74, 6) is -0.140. The van der Waals surface area contributed by atoms with Crippen molar-refractivity contribution in [1.29, 1.82) is 0 Å². The molecule has 1 saturated heterocycles. The van der Waals surface area contributed by atoms with Crippen LogP contribution in [-0.4, -0.2) is 26.6 Å². The maximum Gasteiger partial charge on any atom is 0.264 e. The van der Waals surface area contributed by atoms with Gasteiger partial charge in [0.25, 0.3) is 5.17 Å². The Morgan fingerprint density at radius 1 is 0.865 bits per heavy atom. The molecule has 3 atom stereocenters. The number of ether oxygens (including phenoxy) is 1. The largest absolute Gasteiger partial charge is 0.508 e.